The second-order valence-corrected chi connectivity index (χ2v) is 6.51. The molecule has 0 atom stereocenters. The molecule has 0 spiro atoms. The Hall–Kier alpha value is -2.48. The SMILES string of the molecule is CCOC(=O)c1nc(SC)n(CCCc2ccc(N)cc2)c1C(=O)OCC. The monoisotopic (exact) mass is 391 g/mol. The van der Waals surface area contributed by atoms with E-state index in [2.05, 4.69) is 4.98 Å². The van der Waals surface area contributed by atoms with Crippen LogP contribution in [0, 0.1) is 0 Å². The van der Waals surface area contributed by atoms with Gasteiger partial charge in [-0.1, -0.05) is 23.9 Å². The first-order valence-electron chi connectivity index (χ1n) is 8.84. The van der Waals surface area contributed by atoms with Crippen molar-refractivity contribution in [1.29, 1.82) is 0 Å². The molecule has 2 N–H and O–H groups in total. The Kier molecular flexibility index (Phi) is 7.72. The number of thioether (sulfide) groups is 1. The summed E-state index contributed by atoms with van der Waals surface area (Å²) in [6.07, 6.45) is 3.43. The van der Waals surface area contributed by atoms with Crippen molar-refractivity contribution in [2.75, 3.05) is 25.2 Å². The van der Waals surface area contributed by atoms with E-state index in [1.165, 1.54) is 11.8 Å². The topological polar surface area (TPSA) is 96.4 Å². The summed E-state index contributed by atoms with van der Waals surface area (Å²) >= 11 is 1.37. The summed E-state index contributed by atoms with van der Waals surface area (Å²) in [5.74, 6) is -1.19. The molecule has 1 aromatic heterocycles. The van der Waals surface area contributed by atoms with E-state index in [1.54, 1.807) is 18.4 Å². The molecule has 8 heteroatoms. The lowest BCUT2D eigenvalue weighted by Gasteiger charge is -2.11. The Balaban J connectivity index is 2.27. The molecule has 7 nitrogen and oxygen atoms in total. The highest BCUT2D eigenvalue weighted by Crippen LogP contribution is 2.23. The number of esters is 2. The molecular formula is C19H25N3O4S. The quantitative estimate of drug-likeness (QED) is 0.398. The molecule has 0 saturated carbocycles. The third-order valence-corrected chi connectivity index (χ3v) is 4.56. The molecular weight excluding hydrogens is 366 g/mol. The molecule has 1 aromatic carbocycles. The average Bonchev–Trinajstić information content (AvgIpc) is 3.02. The van der Waals surface area contributed by atoms with Crippen LogP contribution < -0.4 is 5.73 Å². The van der Waals surface area contributed by atoms with Crippen LogP contribution in [0.1, 0.15) is 46.8 Å². The second-order valence-electron chi connectivity index (χ2n) is 5.73. The highest BCUT2D eigenvalue weighted by atomic mass is 32.2. The van der Waals surface area contributed by atoms with E-state index in [0.717, 1.165) is 24.1 Å². The molecule has 146 valence electrons. The third kappa shape index (κ3) is 5.26. The smallest absolute Gasteiger partial charge is 0.359 e. The van der Waals surface area contributed by atoms with Gasteiger partial charge < -0.3 is 19.8 Å². The van der Waals surface area contributed by atoms with Crippen molar-refractivity contribution in [2.45, 2.75) is 38.4 Å². The lowest BCUT2D eigenvalue weighted by atomic mass is 10.1. The van der Waals surface area contributed by atoms with E-state index in [4.69, 9.17) is 15.2 Å². The Labute approximate surface area is 163 Å². The van der Waals surface area contributed by atoms with Crippen LogP contribution in [0.3, 0.4) is 0 Å². The van der Waals surface area contributed by atoms with Crippen LogP contribution in [0.5, 0.6) is 0 Å². The standard InChI is InChI=1S/C19H25N3O4S/c1-4-25-17(23)15-16(18(24)26-5-2)22(19(21-15)27-3)12-6-7-13-8-10-14(20)11-9-13/h8-11H,4-7,12,20H2,1-3H3. The number of hydrogen-bond acceptors (Lipinski definition) is 7. The van der Waals surface area contributed by atoms with Gasteiger partial charge in [0.05, 0.1) is 13.2 Å². The molecule has 0 aliphatic carbocycles. The minimum absolute atomic E-state index is 0.00661. The van der Waals surface area contributed by atoms with Crippen molar-refractivity contribution < 1.29 is 19.1 Å². The van der Waals surface area contributed by atoms with Gasteiger partial charge in [-0.25, -0.2) is 14.6 Å². The van der Waals surface area contributed by atoms with Crippen molar-refractivity contribution in [2.24, 2.45) is 0 Å². The first-order valence-corrected chi connectivity index (χ1v) is 10.1. The van der Waals surface area contributed by atoms with Crippen LogP contribution in [0.25, 0.3) is 0 Å². The molecule has 27 heavy (non-hydrogen) atoms. The minimum atomic E-state index is -0.617. The number of rotatable bonds is 9. The molecule has 0 aliphatic rings. The molecule has 0 saturated heterocycles. The Morgan fingerprint density at radius 2 is 1.74 bits per heavy atom. The molecule has 0 amide bonds. The third-order valence-electron chi connectivity index (χ3n) is 3.88. The van der Waals surface area contributed by atoms with Crippen molar-refractivity contribution >= 4 is 29.4 Å². The van der Waals surface area contributed by atoms with Gasteiger partial charge in [-0.05, 0) is 50.6 Å². The maximum atomic E-state index is 12.5. The molecule has 0 fully saturated rings. The predicted molar refractivity (Wildman–Crippen MR) is 105 cm³/mol. The number of nitrogens with two attached hydrogens (primary N) is 1. The van der Waals surface area contributed by atoms with Gasteiger partial charge in [0, 0.05) is 12.2 Å². The van der Waals surface area contributed by atoms with Crippen molar-refractivity contribution in [1.82, 2.24) is 9.55 Å². The summed E-state index contributed by atoms with van der Waals surface area (Å²) in [4.78, 5) is 29.1. The first kappa shape index (κ1) is 20.8. The number of carbonyl (C=O) groups excluding carboxylic acids is 2. The summed E-state index contributed by atoms with van der Waals surface area (Å²) in [6, 6.07) is 7.69. The van der Waals surface area contributed by atoms with Gasteiger partial charge >= 0.3 is 11.9 Å². The summed E-state index contributed by atoms with van der Waals surface area (Å²) < 4.78 is 11.9. The number of hydrogen-bond donors (Lipinski definition) is 1. The molecule has 0 bridgehead atoms. The van der Waals surface area contributed by atoms with E-state index >= 15 is 0 Å². The van der Waals surface area contributed by atoms with Crippen LogP contribution in [0.4, 0.5) is 5.69 Å². The first-order chi connectivity index (χ1) is 13.0. The van der Waals surface area contributed by atoms with E-state index in [-0.39, 0.29) is 24.6 Å². The number of carbonyl (C=O) groups is 2. The van der Waals surface area contributed by atoms with Crippen LogP contribution in [-0.2, 0) is 22.4 Å². The number of nitrogens with zero attached hydrogens (tertiary/aromatic N) is 2. The fraction of sp³-hybridized carbons (Fsp3) is 0.421. The fourth-order valence-corrected chi connectivity index (χ4v) is 3.25. The number of aromatic nitrogens is 2. The van der Waals surface area contributed by atoms with Gasteiger partial charge in [-0.15, -0.1) is 0 Å². The fourth-order valence-electron chi connectivity index (χ4n) is 2.67. The number of aryl methyl sites for hydroxylation is 1. The Bertz CT molecular complexity index is 787. The maximum Gasteiger partial charge on any atom is 0.359 e. The predicted octanol–water partition coefficient (Wildman–Crippen LogP) is 3.17. The van der Waals surface area contributed by atoms with Crippen LogP contribution in [-0.4, -0.2) is 41.0 Å². The minimum Gasteiger partial charge on any atom is -0.461 e. The van der Waals surface area contributed by atoms with Gasteiger partial charge in [0.1, 0.15) is 0 Å². The van der Waals surface area contributed by atoms with Gasteiger partial charge in [-0.2, -0.15) is 0 Å². The van der Waals surface area contributed by atoms with E-state index in [9.17, 15) is 9.59 Å². The van der Waals surface area contributed by atoms with Crippen LogP contribution >= 0.6 is 11.8 Å². The number of benzene rings is 1. The van der Waals surface area contributed by atoms with Crippen LogP contribution in [0.2, 0.25) is 0 Å². The lowest BCUT2D eigenvalue weighted by molar-refractivity contribution is 0.0466. The Morgan fingerprint density at radius 1 is 1.11 bits per heavy atom. The number of ether oxygens (including phenoxy) is 2. The molecule has 0 aliphatic heterocycles. The molecule has 2 aromatic rings. The molecule has 0 unspecified atom stereocenters. The second kappa shape index (κ2) is 10.0. The van der Waals surface area contributed by atoms with E-state index in [0.29, 0.717) is 11.7 Å². The van der Waals surface area contributed by atoms with Gasteiger partial charge in [0.2, 0.25) is 0 Å². The zero-order valence-electron chi connectivity index (χ0n) is 15.9. The summed E-state index contributed by atoms with van der Waals surface area (Å²) in [6.45, 7) is 4.38. The number of anilines is 1. The van der Waals surface area contributed by atoms with Gasteiger partial charge in [0.25, 0.3) is 0 Å². The largest absolute Gasteiger partial charge is 0.461 e. The Morgan fingerprint density at radius 3 is 2.33 bits per heavy atom. The van der Waals surface area contributed by atoms with Gasteiger partial charge in [0.15, 0.2) is 16.5 Å². The highest BCUT2D eigenvalue weighted by Gasteiger charge is 2.29. The van der Waals surface area contributed by atoms with Gasteiger partial charge in [-0.3, -0.25) is 0 Å². The highest BCUT2D eigenvalue weighted by molar-refractivity contribution is 7.98. The zero-order chi connectivity index (χ0) is 19.8. The lowest BCUT2D eigenvalue weighted by Crippen LogP contribution is -2.18. The zero-order valence-corrected chi connectivity index (χ0v) is 16.7. The molecule has 2 rings (SSSR count). The maximum absolute atomic E-state index is 12.5. The number of imidazole rings is 1. The molecule has 0 radical (unpaired) electrons. The normalized spacial score (nSPS) is 10.6. The number of nitrogen functional groups attached to an aromatic ring is 1. The van der Waals surface area contributed by atoms with Crippen molar-refractivity contribution in [3.63, 3.8) is 0 Å². The molecule has 1 heterocycles. The summed E-state index contributed by atoms with van der Waals surface area (Å²) in [7, 11) is 0. The summed E-state index contributed by atoms with van der Waals surface area (Å²) in [5.41, 5.74) is 7.74. The van der Waals surface area contributed by atoms with Crippen LogP contribution in [0.15, 0.2) is 29.4 Å². The van der Waals surface area contributed by atoms with E-state index in [1.807, 2.05) is 30.5 Å². The van der Waals surface area contributed by atoms with Crippen molar-refractivity contribution in [3.8, 4) is 0 Å². The van der Waals surface area contributed by atoms with E-state index < -0.39 is 11.9 Å². The van der Waals surface area contributed by atoms with Crippen molar-refractivity contribution in [3.05, 3.63) is 41.2 Å². The average molecular weight is 391 g/mol. The summed E-state index contributed by atoms with van der Waals surface area (Å²) in [5, 5.41) is 0.582.